The fourth-order valence-electron chi connectivity index (χ4n) is 2.89. The van der Waals surface area contributed by atoms with E-state index in [9.17, 15) is 0 Å². The van der Waals surface area contributed by atoms with E-state index in [0.717, 1.165) is 38.0 Å². The summed E-state index contributed by atoms with van der Waals surface area (Å²) in [5.41, 5.74) is 0.436. The molecular formula is C17H35N3O. The van der Waals surface area contributed by atoms with Crippen molar-refractivity contribution in [1.82, 2.24) is 10.6 Å². The van der Waals surface area contributed by atoms with Crippen molar-refractivity contribution in [1.29, 1.82) is 0 Å². The summed E-state index contributed by atoms with van der Waals surface area (Å²) in [5.74, 6) is 1.75. The number of rotatable bonds is 10. The van der Waals surface area contributed by atoms with E-state index in [1.54, 1.807) is 7.11 Å². The van der Waals surface area contributed by atoms with Crippen molar-refractivity contribution in [3.8, 4) is 0 Å². The van der Waals surface area contributed by atoms with Crippen LogP contribution in [0.1, 0.15) is 58.8 Å². The van der Waals surface area contributed by atoms with Crippen LogP contribution in [0.5, 0.6) is 0 Å². The van der Waals surface area contributed by atoms with Crippen LogP contribution < -0.4 is 10.6 Å². The Morgan fingerprint density at radius 3 is 2.52 bits per heavy atom. The van der Waals surface area contributed by atoms with Crippen molar-refractivity contribution < 1.29 is 4.74 Å². The largest absolute Gasteiger partial charge is 0.385 e. The number of unbranched alkanes of at least 4 members (excludes halogenated alkanes) is 1. The molecule has 2 N–H and O–H groups in total. The van der Waals surface area contributed by atoms with Crippen LogP contribution in [0.4, 0.5) is 0 Å². The first kappa shape index (κ1) is 18.3. The highest BCUT2D eigenvalue weighted by molar-refractivity contribution is 5.79. The number of guanidine groups is 1. The van der Waals surface area contributed by atoms with Gasteiger partial charge in [-0.1, -0.05) is 33.1 Å². The van der Waals surface area contributed by atoms with Crippen LogP contribution >= 0.6 is 0 Å². The number of aliphatic imine (C=N–C) groups is 1. The third-order valence-corrected chi connectivity index (χ3v) is 4.61. The molecule has 0 spiro atoms. The summed E-state index contributed by atoms with van der Waals surface area (Å²) in [6.45, 7) is 7.46. The topological polar surface area (TPSA) is 45.7 Å². The molecule has 0 aliphatic heterocycles. The summed E-state index contributed by atoms with van der Waals surface area (Å²) in [5, 5.41) is 6.93. The average molecular weight is 297 g/mol. The number of nitrogens with one attached hydrogen (secondary N) is 2. The molecule has 0 unspecified atom stereocenters. The lowest BCUT2D eigenvalue weighted by Crippen LogP contribution is -2.47. The van der Waals surface area contributed by atoms with Gasteiger partial charge in [-0.2, -0.15) is 0 Å². The van der Waals surface area contributed by atoms with Gasteiger partial charge in [-0.3, -0.25) is 4.99 Å². The fraction of sp³-hybridized carbons (Fsp3) is 0.941. The molecule has 1 rings (SSSR count). The summed E-state index contributed by atoms with van der Waals surface area (Å²) in [6, 6.07) is 0. The van der Waals surface area contributed by atoms with Crippen LogP contribution in [0.15, 0.2) is 4.99 Å². The highest BCUT2D eigenvalue weighted by Gasteiger charge is 2.36. The molecule has 1 fully saturated rings. The zero-order valence-corrected chi connectivity index (χ0v) is 14.5. The molecular weight excluding hydrogens is 262 g/mol. The quantitative estimate of drug-likeness (QED) is 0.370. The van der Waals surface area contributed by atoms with Gasteiger partial charge in [-0.05, 0) is 37.0 Å². The lowest BCUT2D eigenvalue weighted by Gasteiger charge is -2.42. The molecule has 0 atom stereocenters. The van der Waals surface area contributed by atoms with Gasteiger partial charge < -0.3 is 15.4 Å². The van der Waals surface area contributed by atoms with Crippen LogP contribution in [0, 0.1) is 11.3 Å². The van der Waals surface area contributed by atoms with E-state index in [2.05, 4.69) is 29.5 Å². The van der Waals surface area contributed by atoms with E-state index in [4.69, 9.17) is 4.74 Å². The van der Waals surface area contributed by atoms with E-state index < -0.39 is 0 Å². The summed E-state index contributed by atoms with van der Waals surface area (Å²) in [6.07, 6.45) is 8.96. The predicted molar refractivity (Wildman–Crippen MR) is 90.8 cm³/mol. The number of hydrogen-bond donors (Lipinski definition) is 2. The van der Waals surface area contributed by atoms with Gasteiger partial charge >= 0.3 is 0 Å². The highest BCUT2D eigenvalue weighted by atomic mass is 16.5. The van der Waals surface area contributed by atoms with Crippen LogP contribution in [0.25, 0.3) is 0 Å². The molecule has 0 radical (unpaired) electrons. The number of methoxy groups -OCH3 is 1. The predicted octanol–water partition coefficient (Wildman–Crippen LogP) is 3.18. The van der Waals surface area contributed by atoms with Crippen molar-refractivity contribution in [3.63, 3.8) is 0 Å². The molecule has 4 heteroatoms. The Balaban J connectivity index is 2.18. The van der Waals surface area contributed by atoms with Gasteiger partial charge in [0.05, 0.1) is 0 Å². The molecule has 0 aromatic carbocycles. The molecule has 21 heavy (non-hydrogen) atoms. The first-order valence-electron chi connectivity index (χ1n) is 8.55. The van der Waals surface area contributed by atoms with Gasteiger partial charge in [-0.15, -0.1) is 0 Å². The SMILES string of the molecule is CN=C(NCCCCC(C)C)NCC1(CCOC)CCC1. The van der Waals surface area contributed by atoms with Crippen LogP contribution in [0.3, 0.4) is 0 Å². The van der Waals surface area contributed by atoms with Gasteiger partial charge in [0.2, 0.25) is 0 Å². The zero-order chi connectivity index (χ0) is 15.6. The minimum atomic E-state index is 0.436. The fourth-order valence-corrected chi connectivity index (χ4v) is 2.89. The van der Waals surface area contributed by atoms with Crippen molar-refractivity contribution in [2.75, 3.05) is 33.9 Å². The Hall–Kier alpha value is -0.770. The second-order valence-corrected chi connectivity index (χ2v) is 6.84. The van der Waals surface area contributed by atoms with Crippen molar-refractivity contribution in [2.45, 2.75) is 58.8 Å². The summed E-state index contributed by atoms with van der Waals surface area (Å²) >= 11 is 0. The lowest BCUT2D eigenvalue weighted by molar-refractivity contribution is 0.0732. The Morgan fingerprint density at radius 2 is 2.00 bits per heavy atom. The maximum Gasteiger partial charge on any atom is 0.190 e. The zero-order valence-electron chi connectivity index (χ0n) is 14.5. The molecule has 0 bridgehead atoms. The molecule has 0 amide bonds. The molecule has 1 aliphatic rings. The molecule has 0 aromatic rings. The minimum Gasteiger partial charge on any atom is -0.385 e. The minimum absolute atomic E-state index is 0.436. The van der Waals surface area contributed by atoms with Gasteiger partial charge in [0, 0.05) is 33.9 Å². The average Bonchev–Trinajstić information content (AvgIpc) is 2.42. The summed E-state index contributed by atoms with van der Waals surface area (Å²) < 4.78 is 5.24. The van der Waals surface area contributed by atoms with Crippen LogP contribution in [-0.2, 0) is 4.74 Å². The molecule has 0 aromatic heterocycles. The molecule has 124 valence electrons. The molecule has 1 saturated carbocycles. The number of hydrogen-bond acceptors (Lipinski definition) is 2. The molecule has 1 aliphatic carbocycles. The Bertz CT molecular complexity index is 298. The van der Waals surface area contributed by atoms with Gasteiger partial charge in [-0.25, -0.2) is 0 Å². The van der Waals surface area contributed by atoms with E-state index in [1.807, 2.05) is 7.05 Å². The van der Waals surface area contributed by atoms with E-state index in [1.165, 1.54) is 38.5 Å². The van der Waals surface area contributed by atoms with Crippen LogP contribution in [-0.4, -0.2) is 39.8 Å². The van der Waals surface area contributed by atoms with Gasteiger partial charge in [0.25, 0.3) is 0 Å². The van der Waals surface area contributed by atoms with Gasteiger partial charge in [0.15, 0.2) is 5.96 Å². The highest BCUT2D eigenvalue weighted by Crippen LogP contribution is 2.43. The Morgan fingerprint density at radius 1 is 1.24 bits per heavy atom. The Labute approximate surface area is 131 Å². The van der Waals surface area contributed by atoms with Crippen molar-refractivity contribution >= 4 is 5.96 Å². The maximum atomic E-state index is 5.24. The van der Waals surface area contributed by atoms with E-state index >= 15 is 0 Å². The van der Waals surface area contributed by atoms with E-state index in [-0.39, 0.29) is 0 Å². The second kappa shape index (κ2) is 10.0. The molecule has 4 nitrogen and oxygen atoms in total. The third kappa shape index (κ3) is 7.16. The monoisotopic (exact) mass is 297 g/mol. The molecule has 0 saturated heterocycles. The van der Waals surface area contributed by atoms with E-state index in [0.29, 0.717) is 5.41 Å². The third-order valence-electron chi connectivity index (χ3n) is 4.61. The standard InChI is InChI=1S/C17H35N3O/c1-15(2)8-5-6-12-19-16(18-3)20-14-17(9-7-10-17)11-13-21-4/h15H,5-14H2,1-4H3,(H2,18,19,20). The summed E-state index contributed by atoms with van der Waals surface area (Å²) in [7, 11) is 3.64. The second-order valence-electron chi connectivity index (χ2n) is 6.84. The smallest absolute Gasteiger partial charge is 0.190 e. The Kier molecular flexibility index (Phi) is 8.74. The van der Waals surface area contributed by atoms with Crippen molar-refractivity contribution in [2.24, 2.45) is 16.3 Å². The summed E-state index contributed by atoms with van der Waals surface area (Å²) in [4.78, 5) is 4.33. The first-order valence-corrected chi connectivity index (χ1v) is 8.55. The maximum absolute atomic E-state index is 5.24. The normalized spacial score (nSPS) is 17.7. The number of nitrogens with zero attached hydrogens (tertiary/aromatic N) is 1. The molecule has 0 heterocycles. The van der Waals surface area contributed by atoms with Crippen LogP contribution in [0.2, 0.25) is 0 Å². The number of ether oxygens (including phenoxy) is 1. The first-order chi connectivity index (χ1) is 10.1. The lowest BCUT2D eigenvalue weighted by atomic mass is 9.67. The van der Waals surface area contributed by atoms with Gasteiger partial charge in [0.1, 0.15) is 0 Å². The van der Waals surface area contributed by atoms with Crippen molar-refractivity contribution in [3.05, 3.63) is 0 Å².